The van der Waals surface area contributed by atoms with Gasteiger partial charge in [-0.3, -0.25) is 5.32 Å². The summed E-state index contributed by atoms with van der Waals surface area (Å²) in [5.41, 5.74) is 1.83. The third-order valence-electron chi connectivity index (χ3n) is 3.68. The minimum atomic E-state index is -0.361. The minimum Gasteiger partial charge on any atom is -0.497 e. The average Bonchev–Trinajstić information content (AvgIpc) is 3.10. The predicted molar refractivity (Wildman–Crippen MR) is 99.5 cm³/mol. The lowest BCUT2D eigenvalue weighted by Gasteiger charge is -2.07. The van der Waals surface area contributed by atoms with Crippen LogP contribution in [-0.2, 0) is 0 Å². The Morgan fingerprint density at radius 1 is 1.04 bits per heavy atom. The van der Waals surface area contributed by atoms with Crippen LogP contribution >= 0.6 is 11.3 Å². The summed E-state index contributed by atoms with van der Waals surface area (Å²) in [7, 11) is 1.60. The molecule has 3 rings (SSSR count). The van der Waals surface area contributed by atoms with Crippen molar-refractivity contribution in [2.45, 2.75) is 12.8 Å². The fraction of sp³-hybridized carbons (Fsp3) is 0.167. The van der Waals surface area contributed by atoms with Crippen molar-refractivity contribution in [1.29, 1.82) is 0 Å². The molecule has 0 saturated carbocycles. The number of hydrogen-bond acceptors (Lipinski definition) is 5. The Morgan fingerprint density at radius 3 is 2.44 bits per heavy atom. The van der Waals surface area contributed by atoms with Crippen LogP contribution in [0.5, 0.6) is 5.75 Å². The maximum absolute atomic E-state index is 12.1. The smallest absolute Gasteiger partial charge is 0.325 e. The zero-order chi connectivity index (χ0) is 17.6. The molecule has 0 spiro atoms. The Morgan fingerprint density at radius 2 is 1.76 bits per heavy atom. The molecule has 0 unspecified atom stereocenters. The monoisotopic (exact) mass is 354 g/mol. The Labute approximate surface area is 149 Å². The minimum absolute atomic E-state index is 0.124. The predicted octanol–water partition coefficient (Wildman–Crippen LogP) is 4.34. The number of anilines is 2. The van der Waals surface area contributed by atoms with Gasteiger partial charge in [0, 0.05) is 11.6 Å². The second-order valence-corrected chi connectivity index (χ2v) is 6.39. The van der Waals surface area contributed by atoms with Crippen molar-refractivity contribution in [3.8, 4) is 5.75 Å². The molecular formula is C18H18N4O2S. The van der Waals surface area contributed by atoms with Crippen molar-refractivity contribution >= 4 is 28.2 Å². The average molecular weight is 354 g/mol. The SMILES string of the molecule is COc1ccc(NC(=O)Nc2nnc([C@@H](C)c3ccccc3)s2)cc1. The highest BCUT2D eigenvalue weighted by atomic mass is 32.1. The molecule has 128 valence electrons. The van der Waals surface area contributed by atoms with Crippen molar-refractivity contribution in [2.24, 2.45) is 0 Å². The van der Waals surface area contributed by atoms with Crippen LogP contribution in [0.2, 0.25) is 0 Å². The molecule has 0 bridgehead atoms. The van der Waals surface area contributed by atoms with E-state index in [1.165, 1.54) is 11.3 Å². The molecule has 3 aromatic rings. The van der Waals surface area contributed by atoms with Crippen LogP contribution in [0.3, 0.4) is 0 Å². The number of nitrogens with one attached hydrogen (secondary N) is 2. The van der Waals surface area contributed by atoms with E-state index in [9.17, 15) is 4.79 Å². The highest BCUT2D eigenvalue weighted by Crippen LogP contribution is 2.28. The first-order valence-corrected chi connectivity index (χ1v) is 8.58. The summed E-state index contributed by atoms with van der Waals surface area (Å²) in [5.74, 6) is 0.855. The van der Waals surface area contributed by atoms with E-state index < -0.39 is 0 Å². The van der Waals surface area contributed by atoms with Crippen molar-refractivity contribution in [3.63, 3.8) is 0 Å². The van der Waals surface area contributed by atoms with Crippen molar-refractivity contribution < 1.29 is 9.53 Å². The summed E-state index contributed by atoms with van der Waals surface area (Å²) in [6.07, 6.45) is 0. The third kappa shape index (κ3) is 4.33. The molecule has 2 amide bonds. The number of urea groups is 1. The Hall–Kier alpha value is -2.93. The molecule has 2 aromatic carbocycles. The van der Waals surface area contributed by atoms with Crippen LogP contribution in [0.4, 0.5) is 15.6 Å². The van der Waals surface area contributed by atoms with Gasteiger partial charge in [0.05, 0.1) is 7.11 Å². The number of aromatic nitrogens is 2. The first kappa shape index (κ1) is 16.9. The van der Waals surface area contributed by atoms with Gasteiger partial charge in [-0.1, -0.05) is 48.6 Å². The number of carbonyl (C=O) groups is 1. The number of ether oxygens (including phenoxy) is 1. The van der Waals surface area contributed by atoms with Gasteiger partial charge in [0.25, 0.3) is 0 Å². The van der Waals surface area contributed by atoms with Crippen LogP contribution in [-0.4, -0.2) is 23.3 Å². The largest absolute Gasteiger partial charge is 0.497 e. The zero-order valence-electron chi connectivity index (χ0n) is 13.9. The van der Waals surface area contributed by atoms with Crippen molar-refractivity contribution in [3.05, 3.63) is 65.2 Å². The number of nitrogens with zero attached hydrogens (tertiary/aromatic N) is 2. The maximum Gasteiger partial charge on any atom is 0.325 e. The van der Waals surface area contributed by atoms with E-state index in [1.54, 1.807) is 31.4 Å². The summed E-state index contributed by atoms with van der Waals surface area (Å²) in [4.78, 5) is 12.1. The molecule has 0 aliphatic carbocycles. The normalized spacial score (nSPS) is 11.6. The summed E-state index contributed by atoms with van der Waals surface area (Å²) >= 11 is 1.37. The Bertz CT molecular complexity index is 834. The standard InChI is InChI=1S/C18H18N4O2S/c1-12(13-6-4-3-5-7-13)16-21-22-18(25-16)20-17(23)19-14-8-10-15(24-2)11-9-14/h3-12H,1-2H3,(H2,19,20,22,23)/t12-/m0/s1. The number of carbonyl (C=O) groups excluding carboxylic acids is 1. The fourth-order valence-corrected chi connectivity index (χ4v) is 3.10. The molecule has 1 atom stereocenters. The summed E-state index contributed by atoms with van der Waals surface area (Å²) in [6, 6.07) is 16.8. The lowest BCUT2D eigenvalue weighted by molar-refractivity contribution is 0.262. The summed E-state index contributed by atoms with van der Waals surface area (Å²) in [6.45, 7) is 2.07. The van der Waals surface area contributed by atoms with Gasteiger partial charge in [-0.2, -0.15) is 0 Å². The van der Waals surface area contributed by atoms with E-state index >= 15 is 0 Å². The van der Waals surface area contributed by atoms with E-state index in [-0.39, 0.29) is 11.9 Å². The molecule has 0 aliphatic heterocycles. The lowest BCUT2D eigenvalue weighted by Crippen LogP contribution is -2.19. The molecule has 1 aromatic heterocycles. The summed E-state index contributed by atoms with van der Waals surface area (Å²) < 4.78 is 5.09. The lowest BCUT2D eigenvalue weighted by atomic mass is 10.0. The van der Waals surface area contributed by atoms with Gasteiger partial charge < -0.3 is 10.1 Å². The van der Waals surface area contributed by atoms with E-state index in [4.69, 9.17) is 4.74 Å². The third-order valence-corrected chi connectivity index (χ3v) is 4.70. The van der Waals surface area contributed by atoms with Crippen LogP contribution in [0.15, 0.2) is 54.6 Å². The molecule has 1 heterocycles. The first-order valence-electron chi connectivity index (χ1n) is 7.76. The number of amides is 2. The van der Waals surface area contributed by atoms with Crippen LogP contribution in [0.1, 0.15) is 23.4 Å². The van der Waals surface area contributed by atoms with Gasteiger partial charge in [0.1, 0.15) is 10.8 Å². The zero-order valence-corrected chi connectivity index (χ0v) is 14.7. The van der Waals surface area contributed by atoms with E-state index in [1.807, 2.05) is 18.2 Å². The molecule has 0 fully saturated rings. The van der Waals surface area contributed by atoms with Gasteiger partial charge in [-0.05, 0) is 29.8 Å². The van der Waals surface area contributed by atoms with Gasteiger partial charge in [-0.25, -0.2) is 4.79 Å². The van der Waals surface area contributed by atoms with Crippen molar-refractivity contribution in [1.82, 2.24) is 10.2 Å². The molecular weight excluding hydrogens is 336 g/mol. The van der Waals surface area contributed by atoms with Crippen LogP contribution < -0.4 is 15.4 Å². The quantitative estimate of drug-likeness (QED) is 0.714. The number of benzene rings is 2. The van der Waals surface area contributed by atoms with Gasteiger partial charge in [0.2, 0.25) is 5.13 Å². The number of rotatable bonds is 5. The number of methoxy groups -OCH3 is 1. The van der Waals surface area contributed by atoms with Gasteiger partial charge in [-0.15, -0.1) is 10.2 Å². The second kappa shape index (κ2) is 7.76. The molecule has 6 nitrogen and oxygen atoms in total. The van der Waals surface area contributed by atoms with Crippen LogP contribution in [0.25, 0.3) is 0 Å². The molecule has 7 heteroatoms. The Balaban J connectivity index is 1.61. The van der Waals surface area contributed by atoms with E-state index in [0.29, 0.717) is 10.8 Å². The van der Waals surface area contributed by atoms with Crippen LogP contribution in [0, 0.1) is 0 Å². The molecule has 2 N–H and O–H groups in total. The molecule has 0 saturated heterocycles. The van der Waals surface area contributed by atoms with Gasteiger partial charge >= 0.3 is 6.03 Å². The highest BCUT2D eigenvalue weighted by molar-refractivity contribution is 7.15. The molecule has 25 heavy (non-hydrogen) atoms. The molecule has 0 aliphatic rings. The topological polar surface area (TPSA) is 76.1 Å². The first-order chi connectivity index (χ1) is 12.2. The fourth-order valence-electron chi connectivity index (χ4n) is 2.28. The summed E-state index contributed by atoms with van der Waals surface area (Å²) in [5, 5.41) is 15.0. The van der Waals surface area contributed by atoms with E-state index in [0.717, 1.165) is 16.3 Å². The van der Waals surface area contributed by atoms with E-state index in [2.05, 4.69) is 39.9 Å². The second-order valence-electron chi connectivity index (χ2n) is 5.39. The number of hydrogen-bond donors (Lipinski definition) is 2. The molecule has 0 radical (unpaired) electrons. The maximum atomic E-state index is 12.1. The van der Waals surface area contributed by atoms with Crippen molar-refractivity contribution in [2.75, 3.05) is 17.7 Å². The van der Waals surface area contributed by atoms with Gasteiger partial charge in [0.15, 0.2) is 0 Å². The highest BCUT2D eigenvalue weighted by Gasteiger charge is 2.15. The Kier molecular flexibility index (Phi) is 5.25.